The first-order valence-corrected chi connectivity index (χ1v) is 7.16. The van der Waals surface area contributed by atoms with Crippen molar-refractivity contribution in [2.75, 3.05) is 25.6 Å². The fourth-order valence-electron chi connectivity index (χ4n) is 1.28. The Morgan fingerprint density at radius 1 is 1.47 bits per heavy atom. The van der Waals surface area contributed by atoms with Crippen LogP contribution in [0.5, 0.6) is 0 Å². The third-order valence-corrected chi connectivity index (χ3v) is 3.93. The number of halogens is 1. The van der Waals surface area contributed by atoms with Gasteiger partial charge in [-0.2, -0.15) is 0 Å². The third-order valence-electron chi connectivity index (χ3n) is 2.26. The van der Waals surface area contributed by atoms with Gasteiger partial charge >= 0.3 is 0 Å². The molecule has 0 aliphatic heterocycles. The van der Waals surface area contributed by atoms with Crippen LogP contribution >= 0.6 is 27.7 Å². The molecular weight excluding hydrogens is 300 g/mol. The lowest BCUT2D eigenvalue weighted by Crippen LogP contribution is -2.21. The van der Waals surface area contributed by atoms with E-state index in [4.69, 9.17) is 5.73 Å². The highest BCUT2D eigenvalue weighted by molar-refractivity contribution is 9.10. The molecule has 0 saturated carbocycles. The van der Waals surface area contributed by atoms with Gasteiger partial charge < -0.3 is 10.6 Å². The maximum atomic E-state index is 11.4. The largest absolute Gasteiger partial charge is 0.398 e. The van der Waals surface area contributed by atoms with E-state index in [1.165, 1.54) is 0 Å². The molecule has 0 unspecified atom stereocenters. The van der Waals surface area contributed by atoms with E-state index >= 15 is 0 Å². The minimum atomic E-state index is 0.175. The number of carbonyl (C=O) groups is 1. The highest BCUT2D eigenvalue weighted by Gasteiger charge is 2.04. The molecule has 3 nitrogen and oxygen atoms in total. The second kappa shape index (κ2) is 6.91. The molecule has 0 aliphatic carbocycles. The van der Waals surface area contributed by atoms with Crippen LogP contribution in [0.2, 0.25) is 0 Å². The van der Waals surface area contributed by atoms with Crippen molar-refractivity contribution in [3.63, 3.8) is 0 Å². The lowest BCUT2D eigenvalue weighted by molar-refractivity contribution is -0.128. The summed E-state index contributed by atoms with van der Waals surface area (Å²) in [6.07, 6.45) is 1.47. The predicted molar refractivity (Wildman–Crippen MR) is 77.2 cm³/mol. The van der Waals surface area contributed by atoms with Crippen LogP contribution in [-0.4, -0.2) is 30.7 Å². The fraction of sp³-hybridized carbons (Fsp3) is 0.417. The molecule has 0 radical (unpaired) electrons. The quantitative estimate of drug-likeness (QED) is 0.516. The van der Waals surface area contributed by atoms with Crippen molar-refractivity contribution < 1.29 is 4.79 Å². The average molecular weight is 317 g/mol. The van der Waals surface area contributed by atoms with Gasteiger partial charge in [0.2, 0.25) is 5.91 Å². The monoisotopic (exact) mass is 316 g/mol. The first kappa shape index (κ1) is 14.4. The molecule has 94 valence electrons. The number of carbonyl (C=O) groups excluding carboxylic acids is 1. The summed E-state index contributed by atoms with van der Waals surface area (Å²) in [4.78, 5) is 14.0. The Balaban J connectivity index is 2.34. The maximum Gasteiger partial charge on any atom is 0.222 e. The standard InChI is InChI=1S/C12H17BrN2OS/c1-15(2)12(16)4-3-7-17-11-6-5-9(13)8-10(11)14/h5-6,8H,3-4,7,14H2,1-2H3. The number of amides is 1. The molecule has 0 atom stereocenters. The maximum absolute atomic E-state index is 11.4. The van der Waals surface area contributed by atoms with E-state index in [9.17, 15) is 4.79 Å². The normalized spacial score (nSPS) is 10.3. The smallest absolute Gasteiger partial charge is 0.222 e. The lowest BCUT2D eigenvalue weighted by atomic mass is 10.3. The fourth-order valence-corrected chi connectivity index (χ4v) is 2.56. The van der Waals surface area contributed by atoms with Crippen LogP contribution in [0.1, 0.15) is 12.8 Å². The van der Waals surface area contributed by atoms with Gasteiger partial charge in [0, 0.05) is 35.6 Å². The van der Waals surface area contributed by atoms with Crippen molar-refractivity contribution in [1.29, 1.82) is 0 Å². The number of anilines is 1. The highest BCUT2D eigenvalue weighted by atomic mass is 79.9. The van der Waals surface area contributed by atoms with Crippen LogP contribution in [0.4, 0.5) is 5.69 Å². The second-order valence-corrected chi connectivity index (χ2v) is 5.97. The molecule has 17 heavy (non-hydrogen) atoms. The lowest BCUT2D eigenvalue weighted by Gasteiger charge is -2.10. The van der Waals surface area contributed by atoms with E-state index in [0.29, 0.717) is 6.42 Å². The molecule has 1 rings (SSSR count). The zero-order valence-electron chi connectivity index (χ0n) is 10.1. The van der Waals surface area contributed by atoms with Crippen molar-refractivity contribution >= 4 is 39.3 Å². The molecule has 0 bridgehead atoms. The number of benzene rings is 1. The van der Waals surface area contributed by atoms with Crippen LogP contribution in [0.15, 0.2) is 27.6 Å². The second-order valence-electron chi connectivity index (χ2n) is 3.92. The van der Waals surface area contributed by atoms with Crippen LogP contribution < -0.4 is 5.73 Å². The Kier molecular flexibility index (Phi) is 5.85. The zero-order chi connectivity index (χ0) is 12.8. The summed E-state index contributed by atoms with van der Waals surface area (Å²) >= 11 is 5.07. The van der Waals surface area contributed by atoms with Crippen LogP contribution in [0.25, 0.3) is 0 Å². The summed E-state index contributed by atoms with van der Waals surface area (Å²) in [6, 6.07) is 5.87. The molecule has 5 heteroatoms. The van der Waals surface area contributed by atoms with Crippen molar-refractivity contribution in [3.05, 3.63) is 22.7 Å². The van der Waals surface area contributed by atoms with Gasteiger partial charge in [0.05, 0.1) is 0 Å². The minimum Gasteiger partial charge on any atom is -0.398 e. The number of rotatable bonds is 5. The van der Waals surface area contributed by atoms with E-state index in [1.54, 1.807) is 30.8 Å². The Labute approximate surface area is 115 Å². The molecule has 0 saturated heterocycles. The topological polar surface area (TPSA) is 46.3 Å². The van der Waals surface area contributed by atoms with Gasteiger partial charge in [0.25, 0.3) is 0 Å². The average Bonchev–Trinajstić information content (AvgIpc) is 2.26. The van der Waals surface area contributed by atoms with E-state index in [-0.39, 0.29) is 5.91 Å². The van der Waals surface area contributed by atoms with E-state index in [2.05, 4.69) is 15.9 Å². The first-order valence-electron chi connectivity index (χ1n) is 5.38. The van der Waals surface area contributed by atoms with Crippen LogP contribution in [-0.2, 0) is 4.79 Å². The summed E-state index contributed by atoms with van der Waals surface area (Å²) in [7, 11) is 3.56. The molecule has 0 heterocycles. The Bertz CT molecular complexity index is 396. The number of hydrogen-bond donors (Lipinski definition) is 1. The molecule has 0 aromatic heterocycles. The van der Waals surface area contributed by atoms with E-state index in [1.807, 2.05) is 18.2 Å². The van der Waals surface area contributed by atoms with Crippen molar-refractivity contribution in [2.45, 2.75) is 17.7 Å². The SMILES string of the molecule is CN(C)C(=O)CCCSc1ccc(Br)cc1N. The van der Waals surface area contributed by atoms with Crippen LogP contribution in [0.3, 0.4) is 0 Å². The van der Waals surface area contributed by atoms with Crippen molar-refractivity contribution in [2.24, 2.45) is 0 Å². The van der Waals surface area contributed by atoms with Gasteiger partial charge in [-0.15, -0.1) is 11.8 Å². The Morgan fingerprint density at radius 3 is 2.76 bits per heavy atom. The van der Waals surface area contributed by atoms with Gasteiger partial charge in [-0.1, -0.05) is 15.9 Å². The molecule has 1 aromatic rings. The number of hydrogen-bond acceptors (Lipinski definition) is 3. The number of thioether (sulfide) groups is 1. The Hall–Kier alpha value is -0.680. The van der Waals surface area contributed by atoms with Crippen molar-refractivity contribution in [1.82, 2.24) is 4.90 Å². The number of nitrogens with two attached hydrogens (primary N) is 1. The summed E-state index contributed by atoms with van der Waals surface area (Å²) in [5.41, 5.74) is 6.67. The minimum absolute atomic E-state index is 0.175. The van der Waals surface area contributed by atoms with Crippen LogP contribution in [0, 0.1) is 0 Å². The van der Waals surface area contributed by atoms with Gasteiger partial charge in [-0.3, -0.25) is 4.79 Å². The molecular formula is C12H17BrN2OS. The molecule has 0 spiro atoms. The molecule has 2 N–H and O–H groups in total. The summed E-state index contributed by atoms with van der Waals surface area (Å²) in [6.45, 7) is 0. The molecule has 1 aromatic carbocycles. The van der Waals surface area contributed by atoms with Gasteiger partial charge in [0.15, 0.2) is 0 Å². The number of nitrogen functional groups attached to an aromatic ring is 1. The predicted octanol–water partition coefficient (Wildman–Crippen LogP) is 2.99. The van der Waals surface area contributed by atoms with E-state index < -0.39 is 0 Å². The summed E-state index contributed by atoms with van der Waals surface area (Å²) < 4.78 is 0.988. The van der Waals surface area contributed by atoms with Gasteiger partial charge in [0.1, 0.15) is 0 Å². The van der Waals surface area contributed by atoms with Gasteiger partial charge in [-0.05, 0) is 30.4 Å². The third kappa shape index (κ3) is 5.00. The molecule has 0 fully saturated rings. The number of nitrogens with zero attached hydrogens (tertiary/aromatic N) is 1. The summed E-state index contributed by atoms with van der Waals surface area (Å²) in [5, 5.41) is 0. The first-order chi connectivity index (χ1) is 8.00. The highest BCUT2D eigenvalue weighted by Crippen LogP contribution is 2.28. The zero-order valence-corrected chi connectivity index (χ0v) is 12.5. The van der Waals surface area contributed by atoms with E-state index in [0.717, 1.165) is 27.2 Å². The molecule has 0 aliphatic rings. The van der Waals surface area contributed by atoms with Crippen molar-refractivity contribution in [3.8, 4) is 0 Å². The van der Waals surface area contributed by atoms with Gasteiger partial charge in [-0.25, -0.2) is 0 Å². The molecule has 1 amide bonds. The summed E-state index contributed by atoms with van der Waals surface area (Å²) in [5.74, 6) is 1.08. The Morgan fingerprint density at radius 2 is 2.18 bits per heavy atom.